The minimum atomic E-state index is -0.0607. The number of halogens is 2. The number of pyridine rings is 1. The first kappa shape index (κ1) is 27.7. The van der Waals surface area contributed by atoms with Gasteiger partial charge in [0.05, 0.1) is 42.7 Å². The van der Waals surface area contributed by atoms with Gasteiger partial charge in [0.2, 0.25) is 5.91 Å². The van der Waals surface area contributed by atoms with Crippen LogP contribution in [0.25, 0.3) is 0 Å². The number of nitrogens with zero attached hydrogens (tertiary/aromatic N) is 5. The fraction of sp³-hybridized carbons (Fsp3) is 0.214. The fourth-order valence-corrected chi connectivity index (χ4v) is 4.69. The lowest BCUT2D eigenvalue weighted by atomic mass is 10.0. The Morgan fingerprint density at radius 2 is 1.89 bits per heavy atom. The first-order valence-corrected chi connectivity index (χ1v) is 11.7. The van der Waals surface area contributed by atoms with Crippen LogP contribution in [0.2, 0.25) is 0 Å². The first-order chi connectivity index (χ1) is 17.2. The number of anilines is 1. The lowest BCUT2D eigenvalue weighted by molar-refractivity contribution is -0.133. The monoisotopic (exact) mass is 534 g/mol. The molecule has 0 fully saturated rings. The SMILES string of the molecule is Cl.Cl.N#Cc1ccc2c(c1)CN(C(=O)Cc1ccccn1)[C@H](Cc1ccccc1)CN2Cc1cnc[nH]1. The molecular formula is C28H28Cl2N6O. The third-order valence-corrected chi connectivity index (χ3v) is 6.37. The average Bonchev–Trinajstić information content (AvgIpc) is 3.35. The molecule has 37 heavy (non-hydrogen) atoms. The van der Waals surface area contributed by atoms with E-state index in [9.17, 15) is 10.1 Å². The van der Waals surface area contributed by atoms with Crippen LogP contribution in [-0.4, -0.2) is 38.3 Å². The number of aromatic nitrogens is 3. The molecular weight excluding hydrogens is 507 g/mol. The van der Waals surface area contributed by atoms with E-state index in [1.807, 2.05) is 65.7 Å². The van der Waals surface area contributed by atoms with E-state index in [-0.39, 0.29) is 43.2 Å². The lowest BCUT2D eigenvalue weighted by Gasteiger charge is -2.33. The third-order valence-electron chi connectivity index (χ3n) is 6.37. The van der Waals surface area contributed by atoms with Gasteiger partial charge in [-0.15, -0.1) is 24.8 Å². The van der Waals surface area contributed by atoms with Crippen LogP contribution in [0.5, 0.6) is 0 Å². The Kier molecular flexibility index (Phi) is 9.67. The molecule has 1 amide bonds. The van der Waals surface area contributed by atoms with Gasteiger partial charge in [0.15, 0.2) is 0 Å². The number of hydrogen-bond acceptors (Lipinski definition) is 5. The molecule has 1 aliphatic rings. The van der Waals surface area contributed by atoms with Crippen molar-refractivity contribution in [3.63, 3.8) is 0 Å². The van der Waals surface area contributed by atoms with Gasteiger partial charge in [0.1, 0.15) is 0 Å². The highest BCUT2D eigenvalue weighted by molar-refractivity contribution is 5.85. The second-order valence-corrected chi connectivity index (χ2v) is 8.78. The number of amides is 1. The molecule has 0 radical (unpaired) electrons. The van der Waals surface area contributed by atoms with Crippen LogP contribution in [0.3, 0.4) is 0 Å². The van der Waals surface area contributed by atoms with Crippen LogP contribution in [0.15, 0.2) is 85.5 Å². The van der Waals surface area contributed by atoms with Crippen LogP contribution in [-0.2, 0) is 30.7 Å². The van der Waals surface area contributed by atoms with Crippen molar-refractivity contribution in [1.82, 2.24) is 19.9 Å². The normalized spacial score (nSPS) is 14.4. The van der Waals surface area contributed by atoms with Crippen LogP contribution in [0.1, 0.15) is 28.1 Å². The van der Waals surface area contributed by atoms with Gasteiger partial charge in [0.25, 0.3) is 0 Å². The highest BCUT2D eigenvalue weighted by Gasteiger charge is 2.31. The molecule has 2 aromatic heterocycles. The molecule has 0 saturated carbocycles. The van der Waals surface area contributed by atoms with Gasteiger partial charge in [0, 0.05) is 36.9 Å². The molecule has 1 N–H and O–H groups in total. The summed E-state index contributed by atoms with van der Waals surface area (Å²) in [5.74, 6) is 0.0290. The number of benzene rings is 2. The van der Waals surface area contributed by atoms with E-state index < -0.39 is 0 Å². The van der Waals surface area contributed by atoms with Gasteiger partial charge in [-0.3, -0.25) is 9.78 Å². The average molecular weight is 535 g/mol. The van der Waals surface area contributed by atoms with Crippen LogP contribution >= 0.6 is 24.8 Å². The van der Waals surface area contributed by atoms with Crippen molar-refractivity contribution in [1.29, 1.82) is 5.26 Å². The summed E-state index contributed by atoms with van der Waals surface area (Å²) < 4.78 is 0. The number of hydrogen-bond donors (Lipinski definition) is 1. The number of nitrogens with one attached hydrogen (secondary N) is 1. The predicted octanol–water partition coefficient (Wildman–Crippen LogP) is 4.72. The molecule has 5 rings (SSSR count). The molecule has 3 heterocycles. The Labute approximate surface area is 229 Å². The van der Waals surface area contributed by atoms with E-state index >= 15 is 0 Å². The van der Waals surface area contributed by atoms with Crippen molar-refractivity contribution in [2.24, 2.45) is 0 Å². The van der Waals surface area contributed by atoms with Crippen LogP contribution in [0.4, 0.5) is 5.69 Å². The van der Waals surface area contributed by atoms with E-state index in [0.717, 1.165) is 29.1 Å². The first-order valence-electron chi connectivity index (χ1n) is 11.7. The Balaban J connectivity index is 0.00000190. The Morgan fingerprint density at radius 3 is 2.59 bits per heavy atom. The molecule has 1 atom stereocenters. The van der Waals surface area contributed by atoms with Gasteiger partial charge in [-0.25, -0.2) is 4.98 Å². The number of nitriles is 1. The van der Waals surface area contributed by atoms with Crippen LogP contribution in [0, 0.1) is 11.3 Å². The second kappa shape index (κ2) is 12.9. The number of rotatable bonds is 6. The molecule has 0 spiro atoms. The van der Waals surface area contributed by atoms with E-state index in [0.29, 0.717) is 25.2 Å². The third kappa shape index (κ3) is 6.67. The summed E-state index contributed by atoms with van der Waals surface area (Å²) in [6.07, 6.45) is 6.18. The van der Waals surface area contributed by atoms with E-state index in [4.69, 9.17) is 0 Å². The zero-order chi connectivity index (χ0) is 24.0. The molecule has 0 unspecified atom stereocenters. The molecule has 0 aliphatic carbocycles. The van der Waals surface area contributed by atoms with Crippen LogP contribution < -0.4 is 4.90 Å². The summed E-state index contributed by atoms with van der Waals surface area (Å²) in [5.41, 5.74) is 5.51. The van der Waals surface area contributed by atoms with Crippen molar-refractivity contribution in [2.75, 3.05) is 11.4 Å². The summed E-state index contributed by atoms with van der Waals surface area (Å²) in [5, 5.41) is 9.53. The maximum atomic E-state index is 13.7. The number of imidazole rings is 1. The van der Waals surface area contributed by atoms with Gasteiger partial charge >= 0.3 is 0 Å². The summed E-state index contributed by atoms with van der Waals surface area (Å²) >= 11 is 0. The molecule has 7 nitrogen and oxygen atoms in total. The molecule has 0 saturated heterocycles. The van der Waals surface area contributed by atoms with Gasteiger partial charge < -0.3 is 14.8 Å². The highest BCUT2D eigenvalue weighted by Crippen LogP contribution is 2.31. The number of fused-ring (bicyclic) bond motifs is 1. The summed E-state index contributed by atoms with van der Waals surface area (Å²) in [4.78, 5) is 29.7. The van der Waals surface area contributed by atoms with E-state index in [2.05, 4.69) is 38.1 Å². The molecule has 4 aromatic rings. The van der Waals surface area contributed by atoms with Crippen molar-refractivity contribution >= 4 is 36.4 Å². The minimum Gasteiger partial charge on any atom is -0.363 e. The summed E-state index contributed by atoms with van der Waals surface area (Å²) in [7, 11) is 0. The maximum Gasteiger partial charge on any atom is 0.229 e. The highest BCUT2D eigenvalue weighted by atomic mass is 35.5. The zero-order valence-corrected chi connectivity index (χ0v) is 21.8. The molecule has 1 aliphatic heterocycles. The molecule has 190 valence electrons. The van der Waals surface area contributed by atoms with Crippen molar-refractivity contribution in [3.8, 4) is 6.07 Å². The number of aromatic amines is 1. The molecule has 2 aromatic carbocycles. The number of carbonyl (C=O) groups excluding carboxylic acids is 1. The second-order valence-electron chi connectivity index (χ2n) is 8.78. The van der Waals surface area contributed by atoms with Gasteiger partial charge in [-0.05, 0) is 47.9 Å². The minimum absolute atomic E-state index is 0. The van der Waals surface area contributed by atoms with Gasteiger partial charge in [-0.1, -0.05) is 36.4 Å². The maximum absolute atomic E-state index is 13.7. The number of carbonyl (C=O) groups is 1. The summed E-state index contributed by atoms with van der Waals surface area (Å²) in [6.45, 7) is 1.72. The summed E-state index contributed by atoms with van der Waals surface area (Å²) in [6, 6.07) is 23.8. The van der Waals surface area contributed by atoms with Crippen molar-refractivity contribution in [2.45, 2.75) is 32.0 Å². The quantitative estimate of drug-likeness (QED) is 0.386. The Morgan fingerprint density at radius 1 is 1.08 bits per heavy atom. The van der Waals surface area contributed by atoms with E-state index in [1.54, 1.807) is 12.5 Å². The van der Waals surface area contributed by atoms with Gasteiger partial charge in [-0.2, -0.15) is 5.26 Å². The molecule has 0 bridgehead atoms. The predicted molar refractivity (Wildman–Crippen MR) is 148 cm³/mol. The Bertz CT molecular complexity index is 1330. The smallest absolute Gasteiger partial charge is 0.229 e. The van der Waals surface area contributed by atoms with E-state index in [1.165, 1.54) is 5.56 Å². The topological polar surface area (TPSA) is 88.9 Å². The van der Waals surface area contributed by atoms with Crippen molar-refractivity contribution < 1.29 is 4.79 Å². The largest absolute Gasteiger partial charge is 0.363 e. The fourth-order valence-electron chi connectivity index (χ4n) is 4.69. The Hall–Kier alpha value is -3.86. The number of H-pyrrole nitrogens is 1. The molecule has 9 heteroatoms. The standard InChI is InChI=1S/C28H26N6O.2ClH/c29-15-22-9-10-27-23(12-22)17-34(28(35)14-24-8-4-5-11-31-24)26(13-21-6-2-1-3-7-21)19-33(27)18-25-16-30-20-32-25;;/h1-12,16,20,26H,13-14,17-19H2,(H,30,32);2*1H/t26-;;/m1../s1. The lowest BCUT2D eigenvalue weighted by Crippen LogP contribution is -2.46. The van der Waals surface area contributed by atoms with Crippen molar-refractivity contribution in [3.05, 3.63) is 114 Å². The zero-order valence-electron chi connectivity index (χ0n) is 20.2.